The van der Waals surface area contributed by atoms with E-state index in [1.54, 1.807) is 0 Å². The highest BCUT2D eigenvalue weighted by Gasteiger charge is 2.20. The molecule has 0 saturated heterocycles. The molecule has 0 amide bonds. The summed E-state index contributed by atoms with van der Waals surface area (Å²) in [5, 5.41) is 3.20. The number of rotatable bonds is 6. The molecular weight excluding hydrogens is 258 g/mol. The fourth-order valence-corrected chi connectivity index (χ4v) is 2.08. The zero-order chi connectivity index (χ0) is 13.5. The summed E-state index contributed by atoms with van der Waals surface area (Å²) >= 11 is 5.71. The van der Waals surface area contributed by atoms with Crippen LogP contribution in [0.4, 0.5) is 0 Å². The zero-order valence-electron chi connectivity index (χ0n) is 10.6. The Morgan fingerprint density at radius 1 is 1.00 bits per heavy atom. The summed E-state index contributed by atoms with van der Waals surface area (Å²) in [6.45, 7) is 0.597. The number of hydrogen-bond acceptors (Lipinski definition) is 2. The van der Waals surface area contributed by atoms with Gasteiger partial charge in [0.15, 0.2) is 5.78 Å². The van der Waals surface area contributed by atoms with Gasteiger partial charge >= 0.3 is 0 Å². The quantitative estimate of drug-likeness (QED) is 0.645. The Morgan fingerprint density at radius 3 is 2.16 bits per heavy atom. The fraction of sp³-hybridized carbons (Fsp3) is 0.188. The van der Waals surface area contributed by atoms with Gasteiger partial charge in [0.2, 0.25) is 0 Å². The van der Waals surface area contributed by atoms with E-state index in [0.717, 1.165) is 5.56 Å². The molecule has 3 heteroatoms. The Kier molecular flexibility index (Phi) is 5.13. The molecule has 0 radical (unpaired) electrons. The van der Waals surface area contributed by atoms with Crippen LogP contribution in [0.25, 0.3) is 0 Å². The number of alkyl halides is 1. The van der Waals surface area contributed by atoms with Gasteiger partial charge in [-0.2, -0.15) is 0 Å². The van der Waals surface area contributed by atoms with Crippen LogP contribution in [0, 0.1) is 0 Å². The van der Waals surface area contributed by atoms with Crippen LogP contribution in [0.2, 0.25) is 0 Å². The van der Waals surface area contributed by atoms with Crippen LogP contribution >= 0.6 is 11.6 Å². The van der Waals surface area contributed by atoms with Crippen molar-refractivity contribution in [2.24, 2.45) is 0 Å². The maximum atomic E-state index is 12.5. The molecule has 0 aliphatic rings. The smallest absolute Gasteiger partial charge is 0.184 e. The lowest BCUT2D eigenvalue weighted by molar-refractivity contribution is 0.0944. The summed E-state index contributed by atoms with van der Waals surface area (Å²) in [4.78, 5) is 12.5. The minimum absolute atomic E-state index is 0.0666. The van der Waals surface area contributed by atoms with E-state index in [-0.39, 0.29) is 11.8 Å². The van der Waals surface area contributed by atoms with E-state index in [0.29, 0.717) is 18.0 Å². The summed E-state index contributed by atoms with van der Waals surface area (Å²) in [7, 11) is 0. The first kappa shape index (κ1) is 13.8. The van der Waals surface area contributed by atoms with Crippen molar-refractivity contribution in [3.05, 3.63) is 71.8 Å². The lowest BCUT2D eigenvalue weighted by atomic mass is 9.97. The SMILES string of the molecule is O=C(c1ccccc1)C(NCCCl)c1ccccc1. The number of benzene rings is 2. The average Bonchev–Trinajstić information content (AvgIpc) is 2.49. The molecular formula is C16H16ClNO. The van der Waals surface area contributed by atoms with Crippen molar-refractivity contribution in [2.45, 2.75) is 6.04 Å². The minimum Gasteiger partial charge on any atom is -0.302 e. The fourth-order valence-electron chi connectivity index (χ4n) is 1.98. The zero-order valence-corrected chi connectivity index (χ0v) is 11.3. The van der Waals surface area contributed by atoms with Crippen LogP contribution in [0.1, 0.15) is 22.0 Å². The van der Waals surface area contributed by atoms with Gasteiger partial charge in [0, 0.05) is 18.0 Å². The summed E-state index contributed by atoms with van der Waals surface area (Å²) in [6.07, 6.45) is 0. The van der Waals surface area contributed by atoms with Crippen LogP contribution in [0.5, 0.6) is 0 Å². The van der Waals surface area contributed by atoms with E-state index in [1.165, 1.54) is 0 Å². The predicted octanol–water partition coefficient (Wildman–Crippen LogP) is 3.44. The van der Waals surface area contributed by atoms with Crippen LogP contribution < -0.4 is 5.32 Å². The van der Waals surface area contributed by atoms with Crippen molar-refractivity contribution < 1.29 is 4.79 Å². The third-order valence-electron chi connectivity index (χ3n) is 2.90. The largest absolute Gasteiger partial charge is 0.302 e. The lowest BCUT2D eigenvalue weighted by Crippen LogP contribution is -2.30. The molecule has 19 heavy (non-hydrogen) atoms. The molecule has 2 aromatic carbocycles. The third kappa shape index (κ3) is 3.66. The monoisotopic (exact) mass is 273 g/mol. The molecule has 0 aliphatic heterocycles. The Morgan fingerprint density at radius 2 is 1.58 bits per heavy atom. The molecule has 0 saturated carbocycles. The molecule has 0 aromatic heterocycles. The molecule has 2 aromatic rings. The molecule has 1 N–H and O–H groups in total. The van der Waals surface area contributed by atoms with Crippen molar-refractivity contribution in [1.82, 2.24) is 5.32 Å². The van der Waals surface area contributed by atoms with E-state index in [9.17, 15) is 4.79 Å². The molecule has 0 heterocycles. The molecule has 1 unspecified atom stereocenters. The van der Waals surface area contributed by atoms with Gasteiger partial charge in [0.25, 0.3) is 0 Å². The second-order valence-electron chi connectivity index (χ2n) is 4.22. The number of carbonyl (C=O) groups excluding carboxylic acids is 1. The summed E-state index contributed by atoms with van der Waals surface area (Å²) in [6, 6.07) is 18.7. The van der Waals surface area contributed by atoms with Gasteiger partial charge in [-0.3, -0.25) is 4.79 Å². The standard InChI is InChI=1S/C16H16ClNO/c17-11-12-18-15(13-7-3-1-4-8-13)16(19)14-9-5-2-6-10-14/h1-10,15,18H,11-12H2. The van der Waals surface area contributed by atoms with Gasteiger partial charge in [-0.25, -0.2) is 0 Å². The Labute approximate surface area is 118 Å². The highest BCUT2D eigenvalue weighted by molar-refractivity contribution is 6.18. The Bertz CT molecular complexity index is 513. The van der Waals surface area contributed by atoms with Crippen molar-refractivity contribution in [1.29, 1.82) is 0 Å². The highest BCUT2D eigenvalue weighted by Crippen LogP contribution is 2.18. The molecule has 0 spiro atoms. The Hall–Kier alpha value is -1.64. The van der Waals surface area contributed by atoms with Crippen LogP contribution in [-0.2, 0) is 0 Å². The van der Waals surface area contributed by atoms with Gasteiger partial charge in [0.05, 0.1) is 6.04 Å². The molecule has 2 rings (SSSR count). The molecule has 2 nitrogen and oxygen atoms in total. The van der Waals surface area contributed by atoms with Crippen LogP contribution in [0.15, 0.2) is 60.7 Å². The number of ketones is 1. The van der Waals surface area contributed by atoms with Gasteiger partial charge in [-0.05, 0) is 5.56 Å². The molecule has 0 fully saturated rings. The summed E-state index contributed by atoms with van der Waals surface area (Å²) in [5.41, 5.74) is 1.67. The van der Waals surface area contributed by atoms with Gasteiger partial charge < -0.3 is 5.32 Å². The van der Waals surface area contributed by atoms with Gasteiger partial charge in [-0.15, -0.1) is 11.6 Å². The minimum atomic E-state index is -0.345. The van der Waals surface area contributed by atoms with E-state index >= 15 is 0 Å². The molecule has 0 aliphatic carbocycles. The second-order valence-corrected chi connectivity index (χ2v) is 4.60. The molecule has 0 bridgehead atoms. The Balaban J connectivity index is 2.25. The number of halogens is 1. The van der Waals surface area contributed by atoms with Crippen molar-refractivity contribution >= 4 is 17.4 Å². The predicted molar refractivity (Wildman–Crippen MR) is 78.7 cm³/mol. The first-order valence-electron chi connectivity index (χ1n) is 6.26. The third-order valence-corrected chi connectivity index (χ3v) is 3.09. The van der Waals surface area contributed by atoms with Crippen LogP contribution in [0.3, 0.4) is 0 Å². The maximum absolute atomic E-state index is 12.5. The molecule has 98 valence electrons. The van der Waals surface area contributed by atoms with E-state index < -0.39 is 0 Å². The van der Waals surface area contributed by atoms with E-state index in [1.807, 2.05) is 60.7 Å². The average molecular weight is 274 g/mol. The topological polar surface area (TPSA) is 29.1 Å². The normalized spacial score (nSPS) is 12.1. The number of Topliss-reactive ketones (excluding diaryl/α,β-unsaturated/α-hetero) is 1. The number of nitrogens with one attached hydrogen (secondary N) is 1. The molecule has 1 atom stereocenters. The number of hydrogen-bond donors (Lipinski definition) is 1. The first-order valence-corrected chi connectivity index (χ1v) is 6.80. The maximum Gasteiger partial charge on any atom is 0.184 e. The van der Waals surface area contributed by atoms with Crippen molar-refractivity contribution in [3.63, 3.8) is 0 Å². The van der Waals surface area contributed by atoms with Crippen LogP contribution in [-0.4, -0.2) is 18.2 Å². The van der Waals surface area contributed by atoms with Gasteiger partial charge in [0.1, 0.15) is 0 Å². The second kappa shape index (κ2) is 7.07. The van der Waals surface area contributed by atoms with E-state index in [4.69, 9.17) is 11.6 Å². The first-order chi connectivity index (χ1) is 9.33. The van der Waals surface area contributed by atoms with Crippen molar-refractivity contribution in [3.8, 4) is 0 Å². The highest BCUT2D eigenvalue weighted by atomic mass is 35.5. The van der Waals surface area contributed by atoms with Gasteiger partial charge in [-0.1, -0.05) is 60.7 Å². The lowest BCUT2D eigenvalue weighted by Gasteiger charge is -2.17. The van der Waals surface area contributed by atoms with E-state index in [2.05, 4.69) is 5.32 Å². The number of carbonyl (C=O) groups is 1. The summed E-state index contributed by atoms with van der Waals surface area (Å²) < 4.78 is 0. The van der Waals surface area contributed by atoms with Crippen molar-refractivity contribution in [2.75, 3.05) is 12.4 Å². The summed E-state index contributed by atoms with van der Waals surface area (Å²) in [5.74, 6) is 0.544.